The summed E-state index contributed by atoms with van der Waals surface area (Å²) in [6, 6.07) is 60.3. The van der Waals surface area contributed by atoms with Crippen LogP contribution in [0.5, 0.6) is 0 Å². The maximum absolute atomic E-state index is 9.88. The molecule has 0 radical (unpaired) electrons. The molecule has 236 valence electrons. The van der Waals surface area contributed by atoms with E-state index in [4.69, 9.17) is 0 Å². The van der Waals surface area contributed by atoms with E-state index in [-0.39, 0.29) is 29.9 Å². The summed E-state index contributed by atoms with van der Waals surface area (Å²) in [5, 5.41) is 2.04. The summed E-state index contributed by atoms with van der Waals surface area (Å²) in [5.74, 6) is 0. The standard InChI is InChI=1S/C48H34N2/c1-4-15-35(16-5-1)36-27-30-41(31-28-36)49(46-25-12-10-23-43(46)37-17-6-2-7-18-37)42-22-14-19-38(33-42)39-29-32-48-45(34-39)44-24-11-13-26-47(44)50(48)40-20-8-3-9-21-40/h1-34H/i14D,19D,22D,33D. The number of anilines is 3. The van der Waals surface area contributed by atoms with Crippen LogP contribution in [0, 0.1) is 0 Å². The lowest BCUT2D eigenvalue weighted by Crippen LogP contribution is -2.11. The summed E-state index contributed by atoms with van der Waals surface area (Å²) in [6.45, 7) is 0. The molecule has 0 amide bonds. The van der Waals surface area contributed by atoms with Crippen molar-refractivity contribution in [2.45, 2.75) is 0 Å². The van der Waals surface area contributed by atoms with E-state index in [1.807, 2.05) is 150 Å². The van der Waals surface area contributed by atoms with Crippen LogP contribution in [0.25, 0.3) is 60.9 Å². The maximum Gasteiger partial charge on any atom is 0.0651 e. The number of hydrogen-bond donors (Lipinski definition) is 0. The average Bonchev–Trinajstić information content (AvgIpc) is 3.56. The van der Waals surface area contributed by atoms with Gasteiger partial charge in [-0.05, 0) is 88.4 Å². The number of aromatic nitrogens is 1. The van der Waals surface area contributed by atoms with Gasteiger partial charge in [0.2, 0.25) is 0 Å². The molecule has 0 bridgehead atoms. The third-order valence-electron chi connectivity index (χ3n) is 9.27. The first-order valence-corrected chi connectivity index (χ1v) is 16.8. The Morgan fingerprint density at radius 2 is 1.02 bits per heavy atom. The minimum atomic E-state index is -0.231. The molecule has 0 saturated carbocycles. The molecule has 0 fully saturated rings. The predicted octanol–water partition coefficient (Wildman–Crippen LogP) is 13.3. The quantitative estimate of drug-likeness (QED) is 0.168. The van der Waals surface area contributed by atoms with Gasteiger partial charge in [0.15, 0.2) is 0 Å². The third-order valence-corrected chi connectivity index (χ3v) is 9.27. The van der Waals surface area contributed by atoms with Crippen molar-refractivity contribution < 1.29 is 5.48 Å². The summed E-state index contributed by atoms with van der Waals surface area (Å²) in [4.78, 5) is 1.92. The largest absolute Gasteiger partial charge is 0.310 e. The summed E-state index contributed by atoms with van der Waals surface area (Å²) in [7, 11) is 0. The van der Waals surface area contributed by atoms with Gasteiger partial charge in [0.25, 0.3) is 0 Å². The average molecular weight is 643 g/mol. The molecule has 2 heteroatoms. The second-order valence-corrected chi connectivity index (χ2v) is 12.3. The van der Waals surface area contributed by atoms with E-state index in [0.29, 0.717) is 11.1 Å². The molecule has 9 aromatic rings. The van der Waals surface area contributed by atoms with Crippen LogP contribution in [0.2, 0.25) is 0 Å². The molecule has 0 aliphatic heterocycles. The molecule has 0 aliphatic carbocycles. The second-order valence-electron chi connectivity index (χ2n) is 12.3. The maximum atomic E-state index is 9.88. The molecule has 1 heterocycles. The fourth-order valence-corrected chi connectivity index (χ4v) is 6.93. The highest BCUT2D eigenvalue weighted by molar-refractivity contribution is 6.10. The minimum Gasteiger partial charge on any atom is -0.310 e. The van der Waals surface area contributed by atoms with Crippen molar-refractivity contribution in [3.05, 3.63) is 206 Å². The molecule has 2 nitrogen and oxygen atoms in total. The summed E-state index contributed by atoms with van der Waals surface area (Å²) in [6.07, 6.45) is 0. The van der Waals surface area contributed by atoms with Crippen LogP contribution in [0.4, 0.5) is 17.1 Å². The highest BCUT2D eigenvalue weighted by Crippen LogP contribution is 2.43. The molecule has 0 spiro atoms. The van der Waals surface area contributed by atoms with Gasteiger partial charge in [0.05, 0.1) is 22.2 Å². The number of benzene rings is 8. The number of nitrogens with zero attached hydrogens (tertiary/aromatic N) is 2. The van der Waals surface area contributed by atoms with E-state index in [1.165, 1.54) is 0 Å². The van der Waals surface area contributed by atoms with Crippen LogP contribution >= 0.6 is 0 Å². The van der Waals surface area contributed by atoms with Gasteiger partial charge in [-0.25, -0.2) is 0 Å². The molecular formula is C48H34N2. The van der Waals surface area contributed by atoms with Gasteiger partial charge in [-0.3, -0.25) is 0 Å². The molecule has 0 saturated heterocycles. The molecule has 9 rings (SSSR count). The Morgan fingerprint density at radius 3 is 1.80 bits per heavy atom. The third kappa shape index (κ3) is 5.34. The van der Waals surface area contributed by atoms with E-state index in [0.717, 1.165) is 61.1 Å². The monoisotopic (exact) mass is 642 g/mol. The highest BCUT2D eigenvalue weighted by Gasteiger charge is 2.19. The molecule has 0 aliphatic rings. The summed E-state index contributed by atoms with van der Waals surface area (Å²) in [5.41, 5.74) is 9.85. The fraction of sp³-hybridized carbons (Fsp3) is 0. The molecule has 1 aromatic heterocycles. The lowest BCUT2D eigenvalue weighted by atomic mass is 9.99. The van der Waals surface area contributed by atoms with E-state index < -0.39 is 0 Å². The Morgan fingerprint density at radius 1 is 0.420 bits per heavy atom. The van der Waals surface area contributed by atoms with Crippen LogP contribution in [-0.2, 0) is 0 Å². The highest BCUT2D eigenvalue weighted by atomic mass is 15.1. The van der Waals surface area contributed by atoms with Gasteiger partial charge in [0.1, 0.15) is 0 Å². The first-order valence-electron chi connectivity index (χ1n) is 18.8. The lowest BCUT2D eigenvalue weighted by molar-refractivity contribution is 1.18. The van der Waals surface area contributed by atoms with Gasteiger partial charge in [-0.15, -0.1) is 0 Å². The smallest absolute Gasteiger partial charge is 0.0651 e. The van der Waals surface area contributed by atoms with Crippen molar-refractivity contribution in [2.75, 3.05) is 4.90 Å². The van der Waals surface area contributed by atoms with E-state index >= 15 is 0 Å². The Balaban J connectivity index is 1.29. The van der Waals surface area contributed by atoms with Gasteiger partial charge >= 0.3 is 0 Å². The zero-order valence-electron chi connectivity index (χ0n) is 31.2. The normalized spacial score (nSPS) is 12.3. The van der Waals surface area contributed by atoms with E-state index in [1.54, 1.807) is 0 Å². The number of rotatable bonds is 7. The Labute approximate surface area is 298 Å². The van der Waals surface area contributed by atoms with Crippen LogP contribution in [0.3, 0.4) is 0 Å². The van der Waals surface area contributed by atoms with Gasteiger partial charge < -0.3 is 9.47 Å². The summed E-state index contributed by atoms with van der Waals surface area (Å²) >= 11 is 0. The van der Waals surface area contributed by atoms with E-state index in [9.17, 15) is 5.48 Å². The zero-order valence-corrected chi connectivity index (χ0v) is 27.2. The molecule has 0 atom stereocenters. The van der Waals surface area contributed by atoms with Gasteiger partial charge in [-0.1, -0.05) is 146 Å². The van der Waals surface area contributed by atoms with Gasteiger partial charge in [-0.2, -0.15) is 0 Å². The molecule has 0 unspecified atom stereocenters. The van der Waals surface area contributed by atoms with Crippen molar-refractivity contribution in [1.29, 1.82) is 0 Å². The fourth-order valence-electron chi connectivity index (χ4n) is 6.93. The Kier molecular flexibility index (Phi) is 6.48. The molecule has 0 N–H and O–H groups in total. The Hall–Kier alpha value is -6.64. The lowest BCUT2D eigenvalue weighted by Gasteiger charge is -2.28. The SMILES string of the molecule is [2H]c1c([2H])c(-c2ccc3c(c2)c2ccccc2n3-c2ccccc2)c([2H])c(N(c2ccc(-c3ccccc3)cc2)c2ccccc2-c2ccccc2)c1[2H]. The number of hydrogen-bond acceptors (Lipinski definition) is 1. The van der Waals surface area contributed by atoms with E-state index in [2.05, 4.69) is 41.0 Å². The molecular weight excluding hydrogens is 605 g/mol. The second kappa shape index (κ2) is 12.8. The van der Waals surface area contributed by atoms with Crippen molar-refractivity contribution in [3.8, 4) is 39.1 Å². The topological polar surface area (TPSA) is 8.17 Å². The first kappa shape index (κ1) is 25.4. The first-order chi connectivity index (χ1) is 26.5. The van der Waals surface area contributed by atoms with Gasteiger partial charge in [0, 0.05) is 33.4 Å². The van der Waals surface area contributed by atoms with Crippen LogP contribution < -0.4 is 4.90 Å². The Bertz CT molecular complexity index is 2800. The van der Waals surface area contributed by atoms with Crippen molar-refractivity contribution in [1.82, 2.24) is 4.57 Å². The van der Waals surface area contributed by atoms with Crippen molar-refractivity contribution >= 4 is 38.9 Å². The van der Waals surface area contributed by atoms with Crippen LogP contribution in [0.15, 0.2) is 206 Å². The predicted molar refractivity (Wildman–Crippen MR) is 212 cm³/mol. The van der Waals surface area contributed by atoms with Crippen LogP contribution in [-0.4, -0.2) is 4.57 Å². The zero-order chi connectivity index (χ0) is 36.8. The number of para-hydroxylation sites is 3. The molecule has 50 heavy (non-hydrogen) atoms. The summed E-state index contributed by atoms with van der Waals surface area (Å²) < 4.78 is 39.9. The molecule has 8 aromatic carbocycles. The van der Waals surface area contributed by atoms with Crippen molar-refractivity contribution in [2.24, 2.45) is 0 Å². The number of fused-ring (bicyclic) bond motifs is 3. The van der Waals surface area contributed by atoms with Crippen LogP contribution in [0.1, 0.15) is 5.48 Å². The minimum absolute atomic E-state index is 0.0159. The van der Waals surface area contributed by atoms with Crippen molar-refractivity contribution in [3.63, 3.8) is 0 Å².